The molecule has 12 rings (SSSR count). The molecule has 0 fully saturated rings. The molecule has 0 heteroatoms. The average Bonchev–Trinajstić information content (AvgIpc) is 3.35. The van der Waals surface area contributed by atoms with Crippen LogP contribution in [0.25, 0.3) is 121 Å². The first-order valence-corrected chi connectivity index (χ1v) is 21.5. The van der Waals surface area contributed by atoms with Gasteiger partial charge < -0.3 is 0 Å². The maximum atomic E-state index is 2.47. The van der Waals surface area contributed by atoms with Crippen LogP contribution >= 0.6 is 0 Å². The Balaban J connectivity index is 1.21. The summed E-state index contributed by atoms with van der Waals surface area (Å²) in [6, 6.07) is 89.7. The summed E-state index contributed by atoms with van der Waals surface area (Å²) in [5.41, 5.74) is 14.6. The lowest BCUT2D eigenvalue weighted by Gasteiger charge is -2.21. The number of rotatable bonds is 6. The molecule has 0 aliphatic rings. The minimum absolute atomic E-state index is 1.20. The van der Waals surface area contributed by atoms with Crippen LogP contribution in [0.2, 0.25) is 0 Å². The minimum atomic E-state index is 1.20. The maximum Gasteiger partial charge on any atom is -0.00199 e. The van der Waals surface area contributed by atoms with Gasteiger partial charge in [0.2, 0.25) is 0 Å². The summed E-state index contributed by atoms with van der Waals surface area (Å²) < 4.78 is 0. The Kier molecular flexibility index (Phi) is 8.61. The van der Waals surface area contributed by atoms with Gasteiger partial charge >= 0.3 is 0 Å². The van der Waals surface area contributed by atoms with E-state index in [9.17, 15) is 0 Å². The smallest absolute Gasteiger partial charge is 0.00199 e. The lowest BCUT2D eigenvalue weighted by molar-refractivity contribution is 1.59. The predicted molar refractivity (Wildman–Crippen MR) is 267 cm³/mol. The van der Waals surface area contributed by atoms with Crippen LogP contribution in [0.15, 0.2) is 243 Å². The summed E-state index contributed by atoms with van der Waals surface area (Å²) in [7, 11) is 0. The molecule has 0 aliphatic carbocycles. The van der Waals surface area contributed by atoms with Gasteiger partial charge in [0.1, 0.15) is 0 Å². The molecule has 0 amide bonds. The average molecular weight is 785 g/mol. The van der Waals surface area contributed by atoms with Crippen molar-refractivity contribution in [2.75, 3.05) is 0 Å². The van der Waals surface area contributed by atoms with Gasteiger partial charge in [-0.3, -0.25) is 0 Å². The van der Waals surface area contributed by atoms with Crippen molar-refractivity contribution in [3.05, 3.63) is 243 Å². The first-order chi connectivity index (χ1) is 30.7. The molecule has 62 heavy (non-hydrogen) atoms. The fourth-order valence-electron chi connectivity index (χ4n) is 9.81. The Hall–Kier alpha value is -8.06. The summed E-state index contributed by atoms with van der Waals surface area (Å²) in [6.45, 7) is 0. The van der Waals surface area contributed by atoms with Crippen LogP contribution in [0.3, 0.4) is 0 Å². The number of fused-ring (bicyclic) bond motifs is 6. The predicted octanol–water partition coefficient (Wildman–Crippen LogP) is 17.5. The van der Waals surface area contributed by atoms with Crippen molar-refractivity contribution < 1.29 is 0 Å². The van der Waals surface area contributed by atoms with Crippen molar-refractivity contribution in [3.63, 3.8) is 0 Å². The number of benzene rings is 12. The third-order valence-corrected chi connectivity index (χ3v) is 12.8. The zero-order chi connectivity index (χ0) is 41.0. The highest BCUT2D eigenvalue weighted by molar-refractivity contribution is 6.23. The molecule has 0 nitrogen and oxygen atoms in total. The number of hydrogen-bond acceptors (Lipinski definition) is 0. The lowest BCUT2D eigenvalue weighted by Crippen LogP contribution is -1.94. The van der Waals surface area contributed by atoms with Gasteiger partial charge in [-0.25, -0.2) is 0 Å². The molecule has 12 aromatic rings. The fraction of sp³-hybridized carbons (Fsp3) is 0. The Morgan fingerprint density at radius 1 is 0.161 bits per heavy atom. The van der Waals surface area contributed by atoms with Crippen LogP contribution in [0.5, 0.6) is 0 Å². The molecular formula is C62H40. The van der Waals surface area contributed by atoms with E-state index in [2.05, 4.69) is 243 Å². The van der Waals surface area contributed by atoms with Crippen molar-refractivity contribution >= 4 is 53.9 Å². The zero-order valence-corrected chi connectivity index (χ0v) is 34.1. The fourth-order valence-corrected chi connectivity index (χ4v) is 9.81. The molecular weight excluding hydrogens is 745 g/mol. The van der Waals surface area contributed by atoms with Crippen LogP contribution in [0, 0.1) is 0 Å². The second-order valence-electron chi connectivity index (χ2n) is 16.4. The summed E-state index contributed by atoms with van der Waals surface area (Å²) in [5.74, 6) is 0. The van der Waals surface area contributed by atoms with E-state index in [-0.39, 0.29) is 0 Å². The third kappa shape index (κ3) is 6.16. The van der Waals surface area contributed by atoms with Gasteiger partial charge in [-0.2, -0.15) is 0 Å². The van der Waals surface area contributed by atoms with Crippen molar-refractivity contribution in [1.29, 1.82) is 0 Å². The molecule has 0 radical (unpaired) electrons. The molecule has 0 saturated heterocycles. The Morgan fingerprint density at radius 2 is 0.500 bits per heavy atom. The molecule has 0 N–H and O–H groups in total. The van der Waals surface area contributed by atoms with Crippen LogP contribution in [0.1, 0.15) is 0 Å². The lowest BCUT2D eigenvalue weighted by atomic mass is 9.81. The summed E-state index contributed by atoms with van der Waals surface area (Å²) in [5, 5.41) is 12.3. The quantitative estimate of drug-likeness (QED) is 0.147. The molecule has 0 heterocycles. The van der Waals surface area contributed by atoms with Gasteiger partial charge in [0.25, 0.3) is 0 Å². The Bertz CT molecular complexity index is 3670. The standard InChI is InChI=1S/C62H40/c1-3-17-43(18-4-1)53-25-13-14-26-54(53)49-31-33-55-56-34-32-50(58-38-48-24-12-11-23-47(48)37-57(58)44-19-5-2-6-20-44)40-60(56)62(52-30-28-42-16-8-10-22-46(42)36-52)61(59(55)39-49)51-29-27-41-15-7-9-21-45(41)35-51/h1-40H. The first-order valence-electron chi connectivity index (χ1n) is 21.5. The molecule has 0 saturated carbocycles. The van der Waals surface area contributed by atoms with Crippen LogP contribution in [0.4, 0.5) is 0 Å². The van der Waals surface area contributed by atoms with Gasteiger partial charge in [-0.1, -0.05) is 206 Å². The van der Waals surface area contributed by atoms with Crippen molar-refractivity contribution in [1.82, 2.24) is 0 Å². The monoisotopic (exact) mass is 784 g/mol. The molecule has 0 atom stereocenters. The van der Waals surface area contributed by atoms with E-state index in [1.807, 2.05) is 0 Å². The minimum Gasteiger partial charge on any atom is -0.0622 e. The molecule has 0 spiro atoms. The zero-order valence-electron chi connectivity index (χ0n) is 34.1. The summed E-state index contributed by atoms with van der Waals surface area (Å²) in [4.78, 5) is 0. The Labute approximate surface area is 361 Å². The molecule has 0 aliphatic heterocycles. The van der Waals surface area contributed by atoms with Crippen LogP contribution < -0.4 is 0 Å². The van der Waals surface area contributed by atoms with Crippen LogP contribution in [-0.2, 0) is 0 Å². The van der Waals surface area contributed by atoms with E-state index in [1.165, 1.54) is 121 Å². The van der Waals surface area contributed by atoms with E-state index in [4.69, 9.17) is 0 Å². The summed E-state index contributed by atoms with van der Waals surface area (Å²) in [6.07, 6.45) is 0. The van der Waals surface area contributed by atoms with E-state index in [0.29, 0.717) is 0 Å². The molecule has 12 aromatic carbocycles. The van der Waals surface area contributed by atoms with Gasteiger partial charge in [0, 0.05) is 0 Å². The molecule has 288 valence electrons. The SMILES string of the molecule is c1ccc(-c2ccccc2-c2ccc3c(c2)c(-c2ccc4ccccc4c2)c(-c2ccc4ccccc4c2)c2cc(-c4cc5ccccc5cc4-c4ccccc4)ccc23)cc1. The molecule has 0 bridgehead atoms. The second-order valence-corrected chi connectivity index (χ2v) is 16.4. The van der Waals surface area contributed by atoms with E-state index in [0.717, 1.165) is 0 Å². The number of hydrogen-bond donors (Lipinski definition) is 0. The van der Waals surface area contributed by atoms with Gasteiger partial charge in [0.15, 0.2) is 0 Å². The van der Waals surface area contributed by atoms with Crippen LogP contribution in [-0.4, -0.2) is 0 Å². The van der Waals surface area contributed by atoms with Crippen molar-refractivity contribution in [3.8, 4) is 66.8 Å². The highest BCUT2D eigenvalue weighted by Gasteiger charge is 2.21. The molecule has 0 unspecified atom stereocenters. The van der Waals surface area contributed by atoms with Crippen molar-refractivity contribution in [2.45, 2.75) is 0 Å². The maximum absolute atomic E-state index is 2.47. The van der Waals surface area contributed by atoms with E-state index < -0.39 is 0 Å². The normalized spacial score (nSPS) is 11.5. The van der Waals surface area contributed by atoms with Gasteiger partial charge in [-0.05, 0) is 157 Å². The van der Waals surface area contributed by atoms with Crippen molar-refractivity contribution in [2.24, 2.45) is 0 Å². The summed E-state index contributed by atoms with van der Waals surface area (Å²) >= 11 is 0. The van der Waals surface area contributed by atoms with Gasteiger partial charge in [0.05, 0.1) is 0 Å². The topological polar surface area (TPSA) is 0 Å². The highest BCUT2D eigenvalue weighted by Crippen LogP contribution is 2.49. The third-order valence-electron chi connectivity index (χ3n) is 12.8. The second kappa shape index (κ2) is 14.9. The Morgan fingerprint density at radius 3 is 0.984 bits per heavy atom. The van der Waals surface area contributed by atoms with E-state index >= 15 is 0 Å². The largest absolute Gasteiger partial charge is 0.0622 e. The van der Waals surface area contributed by atoms with Gasteiger partial charge in [-0.15, -0.1) is 0 Å². The van der Waals surface area contributed by atoms with E-state index in [1.54, 1.807) is 0 Å². The highest BCUT2D eigenvalue weighted by atomic mass is 14.2. The molecule has 0 aromatic heterocycles. The first kappa shape index (κ1) is 35.8.